The first-order chi connectivity index (χ1) is 16.7. The van der Waals surface area contributed by atoms with Crippen molar-refractivity contribution < 1.29 is 4.74 Å². The molecule has 0 bridgehead atoms. The number of rotatable bonds is 11. The zero-order valence-corrected chi connectivity index (χ0v) is 20.7. The molecule has 1 heterocycles. The SMILES string of the molecule is CCN(CC)c1ccc(CC(Cc2ccc(OCc3ccccc3)cc2)N2CCNCC2)cc1. The van der Waals surface area contributed by atoms with E-state index in [2.05, 4.69) is 102 Å². The van der Waals surface area contributed by atoms with Crippen LogP contribution in [-0.4, -0.2) is 50.2 Å². The molecule has 3 aromatic carbocycles. The van der Waals surface area contributed by atoms with E-state index < -0.39 is 0 Å². The quantitative estimate of drug-likeness (QED) is 0.430. The van der Waals surface area contributed by atoms with Gasteiger partial charge in [0.1, 0.15) is 12.4 Å². The number of piperazine rings is 1. The van der Waals surface area contributed by atoms with Crippen LogP contribution in [0.25, 0.3) is 0 Å². The molecule has 1 N–H and O–H groups in total. The average molecular weight is 458 g/mol. The Hall–Kier alpha value is -2.82. The van der Waals surface area contributed by atoms with Gasteiger partial charge in [0.05, 0.1) is 0 Å². The molecule has 1 aliphatic heterocycles. The van der Waals surface area contributed by atoms with Crippen molar-refractivity contribution in [2.75, 3.05) is 44.2 Å². The van der Waals surface area contributed by atoms with Crippen molar-refractivity contribution in [3.63, 3.8) is 0 Å². The van der Waals surface area contributed by atoms with Crippen LogP contribution in [0.4, 0.5) is 5.69 Å². The van der Waals surface area contributed by atoms with E-state index in [-0.39, 0.29) is 0 Å². The Morgan fingerprint density at radius 3 is 1.94 bits per heavy atom. The molecule has 1 aliphatic rings. The van der Waals surface area contributed by atoms with Crippen LogP contribution in [0, 0.1) is 0 Å². The van der Waals surface area contributed by atoms with Crippen molar-refractivity contribution >= 4 is 5.69 Å². The third-order valence-corrected chi connectivity index (χ3v) is 6.85. The van der Waals surface area contributed by atoms with Crippen molar-refractivity contribution in [3.8, 4) is 5.75 Å². The summed E-state index contributed by atoms with van der Waals surface area (Å²) >= 11 is 0. The lowest BCUT2D eigenvalue weighted by molar-refractivity contribution is 0.170. The van der Waals surface area contributed by atoms with Crippen LogP contribution in [0.5, 0.6) is 5.75 Å². The van der Waals surface area contributed by atoms with Gasteiger partial charge < -0.3 is 15.0 Å². The van der Waals surface area contributed by atoms with Crippen molar-refractivity contribution in [2.45, 2.75) is 39.3 Å². The molecule has 0 radical (unpaired) electrons. The number of benzene rings is 3. The minimum absolute atomic E-state index is 0.498. The topological polar surface area (TPSA) is 27.7 Å². The lowest BCUT2D eigenvalue weighted by atomic mass is 9.96. The predicted octanol–water partition coefficient (Wildman–Crippen LogP) is 5.17. The highest BCUT2D eigenvalue weighted by atomic mass is 16.5. The van der Waals surface area contributed by atoms with Gasteiger partial charge in [0.25, 0.3) is 0 Å². The summed E-state index contributed by atoms with van der Waals surface area (Å²) in [6.07, 6.45) is 2.13. The van der Waals surface area contributed by atoms with Gasteiger partial charge in [-0.05, 0) is 67.6 Å². The first kappa shape index (κ1) is 24.3. The van der Waals surface area contributed by atoms with Gasteiger partial charge in [-0.1, -0.05) is 54.6 Å². The van der Waals surface area contributed by atoms with Gasteiger partial charge in [0.2, 0.25) is 0 Å². The predicted molar refractivity (Wildman–Crippen MR) is 143 cm³/mol. The molecule has 34 heavy (non-hydrogen) atoms. The lowest BCUT2D eigenvalue weighted by Gasteiger charge is -2.35. The Bertz CT molecular complexity index is 962. The van der Waals surface area contributed by atoms with Gasteiger partial charge in [-0.15, -0.1) is 0 Å². The Morgan fingerprint density at radius 2 is 1.35 bits per heavy atom. The zero-order chi connectivity index (χ0) is 23.6. The van der Waals surface area contributed by atoms with Crippen LogP contribution < -0.4 is 15.0 Å². The fraction of sp³-hybridized carbons (Fsp3) is 0.400. The minimum atomic E-state index is 0.498. The van der Waals surface area contributed by atoms with Gasteiger partial charge in [0.15, 0.2) is 0 Å². The third kappa shape index (κ3) is 6.85. The standard InChI is InChI=1S/C30H39N3O/c1-3-32(4-2)28-14-10-25(11-15-28)22-29(33-20-18-31-19-21-33)23-26-12-16-30(17-13-26)34-24-27-8-6-5-7-9-27/h5-17,29,31H,3-4,18-24H2,1-2H3. The second kappa shape index (κ2) is 12.6. The van der Waals surface area contributed by atoms with E-state index >= 15 is 0 Å². The largest absolute Gasteiger partial charge is 0.489 e. The molecular formula is C30H39N3O. The van der Waals surface area contributed by atoms with Crippen molar-refractivity contribution in [3.05, 3.63) is 95.6 Å². The number of hydrogen-bond acceptors (Lipinski definition) is 4. The maximum absolute atomic E-state index is 5.99. The summed E-state index contributed by atoms with van der Waals surface area (Å²) in [5.41, 5.74) is 5.30. The Morgan fingerprint density at radius 1 is 0.765 bits per heavy atom. The van der Waals surface area contributed by atoms with E-state index in [1.165, 1.54) is 22.4 Å². The molecule has 0 aromatic heterocycles. The maximum atomic E-state index is 5.99. The van der Waals surface area contributed by atoms with E-state index in [4.69, 9.17) is 4.74 Å². The van der Waals surface area contributed by atoms with E-state index in [1.807, 2.05) is 6.07 Å². The van der Waals surface area contributed by atoms with Crippen LogP contribution in [-0.2, 0) is 19.4 Å². The van der Waals surface area contributed by atoms with Crippen molar-refractivity contribution in [1.29, 1.82) is 0 Å². The van der Waals surface area contributed by atoms with Crippen molar-refractivity contribution in [2.24, 2.45) is 0 Å². The summed E-state index contributed by atoms with van der Waals surface area (Å²) in [4.78, 5) is 5.06. The smallest absolute Gasteiger partial charge is 0.119 e. The van der Waals surface area contributed by atoms with E-state index in [0.717, 1.165) is 57.9 Å². The van der Waals surface area contributed by atoms with Gasteiger partial charge >= 0.3 is 0 Å². The van der Waals surface area contributed by atoms with Crippen LogP contribution in [0.15, 0.2) is 78.9 Å². The zero-order valence-electron chi connectivity index (χ0n) is 20.7. The molecule has 1 unspecified atom stereocenters. The monoisotopic (exact) mass is 457 g/mol. The molecule has 180 valence electrons. The Kier molecular flexibility index (Phi) is 9.00. The van der Waals surface area contributed by atoms with Crippen LogP contribution in [0.1, 0.15) is 30.5 Å². The first-order valence-corrected chi connectivity index (χ1v) is 12.8. The van der Waals surface area contributed by atoms with Crippen molar-refractivity contribution in [1.82, 2.24) is 10.2 Å². The van der Waals surface area contributed by atoms with Gasteiger partial charge in [-0.2, -0.15) is 0 Å². The molecule has 4 nitrogen and oxygen atoms in total. The molecule has 0 aliphatic carbocycles. The number of nitrogens with one attached hydrogen (secondary N) is 1. The number of nitrogens with zero attached hydrogens (tertiary/aromatic N) is 2. The van der Waals surface area contributed by atoms with E-state index in [0.29, 0.717) is 12.6 Å². The molecule has 4 rings (SSSR count). The molecule has 1 atom stereocenters. The normalized spacial score (nSPS) is 15.1. The number of hydrogen-bond donors (Lipinski definition) is 1. The highest BCUT2D eigenvalue weighted by Crippen LogP contribution is 2.21. The molecule has 1 fully saturated rings. The Labute approximate surface area is 205 Å². The van der Waals surface area contributed by atoms with E-state index in [9.17, 15) is 0 Å². The fourth-order valence-electron chi connectivity index (χ4n) is 4.82. The summed E-state index contributed by atoms with van der Waals surface area (Å²) < 4.78 is 5.99. The molecule has 1 saturated heterocycles. The van der Waals surface area contributed by atoms with Crippen LogP contribution in [0.2, 0.25) is 0 Å². The summed E-state index contributed by atoms with van der Waals surface area (Å²) in [6.45, 7) is 11.5. The van der Waals surface area contributed by atoms with Crippen LogP contribution in [0.3, 0.4) is 0 Å². The molecule has 0 spiro atoms. The number of ether oxygens (including phenoxy) is 1. The number of anilines is 1. The third-order valence-electron chi connectivity index (χ3n) is 6.85. The van der Waals surface area contributed by atoms with Gasteiger partial charge in [-0.3, -0.25) is 4.90 Å². The minimum Gasteiger partial charge on any atom is -0.489 e. The molecule has 0 saturated carbocycles. The molecule has 3 aromatic rings. The fourth-order valence-corrected chi connectivity index (χ4v) is 4.82. The molecule has 4 heteroatoms. The second-order valence-electron chi connectivity index (χ2n) is 9.11. The summed E-state index contributed by atoms with van der Waals surface area (Å²) in [5.74, 6) is 0.929. The van der Waals surface area contributed by atoms with Gasteiger partial charge in [0, 0.05) is 51.0 Å². The Balaban J connectivity index is 1.40. The average Bonchev–Trinajstić information content (AvgIpc) is 2.90. The summed E-state index contributed by atoms with van der Waals surface area (Å²) in [5, 5.41) is 3.50. The van der Waals surface area contributed by atoms with Gasteiger partial charge in [-0.25, -0.2) is 0 Å². The maximum Gasteiger partial charge on any atom is 0.119 e. The highest BCUT2D eigenvalue weighted by Gasteiger charge is 2.21. The van der Waals surface area contributed by atoms with E-state index in [1.54, 1.807) is 0 Å². The molecular weight excluding hydrogens is 418 g/mol. The lowest BCUT2D eigenvalue weighted by Crippen LogP contribution is -2.49. The summed E-state index contributed by atoms with van der Waals surface area (Å²) in [7, 11) is 0. The second-order valence-corrected chi connectivity index (χ2v) is 9.11. The summed E-state index contributed by atoms with van der Waals surface area (Å²) in [6, 6.07) is 28.8. The highest BCUT2D eigenvalue weighted by molar-refractivity contribution is 5.47. The van der Waals surface area contributed by atoms with Crippen LogP contribution >= 0.6 is 0 Å². The molecule has 0 amide bonds. The first-order valence-electron chi connectivity index (χ1n) is 12.8.